The molecule has 230 valence electrons. The first-order valence-corrected chi connectivity index (χ1v) is 17.7. The summed E-state index contributed by atoms with van der Waals surface area (Å²) in [5.74, 6) is 0. The second-order valence-corrected chi connectivity index (χ2v) is 12.4. The van der Waals surface area contributed by atoms with Crippen molar-refractivity contribution in [2.75, 3.05) is 19.6 Å². The van der Waals surface area contributed by atoms with Crippen LogP contribution in [0.5, 0.6) is 0 Å². The molecule has 2 unspecified atom stereocenters. The van der Waals surface area contributed by atoms with Crippen LogP contribution in [-0.2, 0) is 0 Å². The fourth-order valence-corrected chi connectivity index (χ4v) is 5.79. The Bertz CT molecular complexity index is 394. The molecule has 38 heavy (non-hydrogen) atoms. The first-order valence-electron chi connectivity index (χ1n) is 17.7. The van der Waals surface area contributed by atoms with Gasteiger partial charge in [0.2, 0.25) is 0 Å². The van der Waals surface area contributed by atoms with Crippen molar-refractivity contribution in [3.05, 3.63) is 0 Å². The van der Waals surface area contributed by atoms with E-state index in [9.17, 15) is 10.2 Å². The van der Waals surface area contributed by atoms with Crippen LogP contribution in [0.1, 0.15) is 194 Å². The minimum atomic E-state index is -0.247. The quantitative estimate of drug-likeness (QED) is 0.0835. The summed E-state index contributed by atoms with van der Waals surface area (Å²) in [5, 5.41) is 21.2. The number of aliphatic hydroxyl groups is 2. The Balaban J connectivity index is 3.66. The average Bonchev–Trinajstić information content (AvgIpc) is 2.90. The van der Waals surface area contributed by atoms with E-state index in [1.54, 1.807) is 0 Å². The zero-order valence-electron chi connectivity index (χ0n) is 26.7. The van der Waals surface area contributed by atoms with Crippen molar-refractivity contribution in [2.24, 2.45) is 0 Å². The molecule has 0 aromatic rings. The van der Waals surface area contributed by atoms with Gasteiger partial charge in [0.25, 0.3) is 0 Å². The second kappa shape index (κ2) is 31.4. The molecule has 3 nitrogen and oxygen atoms in total. The summed E-state index contributed by atoms with van der Waals surface area (Å²) < 4.78 is 0. The molecule has 0 saturated heterocycles. The maximum absolute atomic E-state index is 10.6. The highest BCUT2D eigenvalue weighted by Crippen LogP contribution is 2.15. The number of rotatable bonds is 32. The SMILES string of the molecule is CCCCCCCCCCCCCCC(O)CN(CCC)CC(O)CCCCCCCCCCCCCC. The fourth-order valence-electron chi connectivity index (χ4n) is 5.79. The molecule has 0 amide bonds. The summed E-state index contributed by atoms with van der Waals surface area (Å²) in [6.45, 7) is 9.19. The van der Waals surface area contributed by atoms with Crippen LogP contribution in [0.15, 0.2) is 0 Å². The van der Waals surface area contributed by atoms with Gasteiger partial charge in [-0.1, -0.05) is 175 Å². The Morgan fingerprint density at radius 1 is 0.368 bits per heavy atom. The number of hydrogen-bond donors (Lipinski definition) is 2. The highest BCUT2D eigenvalue weighted by atomic mass is 16.3. The van der Waals surface area contributed by atoms with E-state index in [-0.39, 0.29) is 12.2 Å². The van der Waals surface area contributed by atoms with Crippen LogP contribution in [0.2, 0.25) is 0 Å². The van der Waals surface area contributed by atoms with Crippen LogP contribution in [0, 0.1) is 0 Å². The summed E-state index contributed by atoms with van der Waals surface area (Å²) in [4.78, 5) is 2.30. The molecule has 0 fully saturated rings. The molecule has 0 aliphatic rings. The lowest BCUT2D eigenvalue weighted by Crippen LogP contribution is -2.38. The van der Waals surface area contributed by atoms with Crippen LogP contribution in [0.25, 0.3) is 0 Å². The Morgan fingerprint density at radius 2 is 0.632 bits per heavy atom. The molecule has 2 N–H and O–H groups in total. The minimum Gasteiger partial charge on any atom is -0.392 e. The molecule has 0 aliphatic carbocycles. The lowest BCUT2D eigenvalue weighted by Gasteiger charge is -2.27. The molecule has 0 aliphatic heterocycles. The lowest BCUT2D eigenvalue weighted by atomic mass is 10.0. The van der Waals surface area contributed by atoms with E-state index in [0.717, 1.165) is 51.7 Å². The van der Waals surface area contributed by atoms with Gasteiger partial charge in [0, 0.05) is 13.1 Å². The third kappa shape index (κ3) is 28.9. The standard InChI is InChI=1S/C35H73NO2/c1-4-7-9-11-13-15-17-19-21-23-25-27-29-34(37)32-36(31-6-3)33-35(38)30-28-26-24-22-20-18-16-14-12-10-8-5-2/h34-35,37-38H,4-33H2,1-3H3. The molecule has 0 aromatic carbocycles. The monoisotopic (exact) mass is 540 g/mol. The Labute approximate surface area is 240 Å². The largest absolute Gasteiger partial charge is 0.392 e. The Morgan fingerprint density at radius 3 is 0.895 bits per heavy atom. The van der Waals surface area contributed by atoms with E-state index < -0.39 is 0 Å². The van der Waals surface area contributed by atoms with Gasteiger partial charge in [-0.05, 0) is 25.8 Å². The van der Waals surface area contributed by atoms with Crippen LogP contribution < -0.4 is 0 Å². The van der Waals surface area contributed by atoms with Gasteiger partial charge in [0.1, 0.15) is 0 Å². The van der Waals surface area contributed by atoms with E-state index >= 15 is 0 Å². The number of nitrogens with zero attached hydrogens (tertiary/aromatic N) is 1. The predicted molar refractivity (Wildman–Crippen MR) is 170 cm³/mol. The van der Waals surface area contributed by atoms with Gasteiger partial charge >= 0.3 is 0 Å². The lowest BCUT2D eigenvalue weighted by molar-refractivity contribution is 0.0606. The van der Waals surface area contributed by atoms with Gasteiger partial charge in [0.15, 0.2) is 0 Å². The van der Waals surface area contributed by atoms with Gasteiger partial charge in [-0.25, -0.2) is 0 Å². The molecule has 3 heteroatoms. The van der Waals surface area contributed by atoms with Crippen LogP contribution in [-0.4, -0.2) is 47.0 Å². The van der Waals surface area contributed by atoms with Crippen molar-refractivity contribution < 1.29 is 10.2 Å². The molecule has 0 rings (SSSR count). The zero-order chi connectivity index (χ0) is 27.9. The summed E-state index contributed by atoms with van der Waals surface area (Å²) in [7, 11) is 0. The highest BCUT2D eigenvalue weighted by Gasteiger charge is 2.15. The zero-order valence-corrected chi connectivity index (χ0v) is 26.7. The number of unbranched alkanes of at least 4 members (excludes halogenated alkanes) is 22. The first-order chi connectivity index (χ1) is 18.6. The summed E-state index contributed by atoms with van der Waals surface area (Å²) in [5.41, 5.74) is 0. The summed E-state index contributed by atoms with van der Waals surface area (Å²) in [6, 6.07) is 0. The van der Waals surface area contributed by atoms with Crippen molar-refractivity contribution in [1.29, 1.82) is 0 Å². The summed E-state index contributed by atoms with van der Waals surface area (Å²) in [6.07, 6.45) is 35.0. The normalized spacial score (nSPS) is 13.4. The Hall–Kier alpha value is -0.120. The van der Waals surface area contributed by atoms with E-state index in [1.165, 1.54) is 141 Å². The van der Waals surface area contributed by atoms with E-state index in [1.807, 2.05) is 0 Å². The smallest absolute Gasteiger partial charge is 0.0667 e. The van der Waals surface area contributed by atoms with Gasteiger partial charge in [-0.15, -0.1) is 0 Å². The fraction of sp³-hybridized carbons (Fsp3) is 1.00. The minimum absolute atomic E-state index is 0.247. The van der Waals surface area contributed by atoms with Crippen molar-refractivity contribution >= 4 is 0 Å². The van der Waals surface area contributed by atoms with Gasteiger partial charge in [0.05, 0.1) is 12.2 Å². The first kappa shape index (κ1) is 37.9. The molecule has 0 spiro atoms. The third-order valence-corrected chi connectivity index (χ3v) is 8.26. The van der Waals surface area contributed by atoms with Crippen molar-refractivity contribution in [3.63, 3.8) is 0 Å². The van der Waals surface area contributed by atoms with Crippen molar-refractivity contribution in [3.8, 4) is 0 Å². The Kier molecular flexibility index (Phi) is 31.3. The molecular formula is C35H73NO2. The third-order valence-electron chi connectivity index (χ3n) is 8.26. The summed E-state index contributed by atoms with van der Waals surface area (Å²) >= 11 is 0. The predicted octanol–water partition coefficient (Wildman–Crippen LogP) is 10.6. The molecule has 0 saturated carbocycles. The molecule has 0 bridgehead atoms. The maximum atomic E-state index is 10.6. The molecule has 2 atom stereocenters. The molecule has 0 radical (unpaired) electrons. The average molecular weight is 540 g/mol. The number of hydrogen-bond acceptors (Lipinski definition) is 3. The second-order valence-electron chi connectivity index (χ2n) is 12.4. The van der Waals surface area contributed by atoms with Crippen molar-refractivity contribution in [2.45, 2.75) is 206 Å². The van der Waals surface area contributed by atoms with Crippen LogP contribution in [0.3, 0.4) is 0 Å². The van der Waals surface area contributed by atoms with E-state index in [2.05, 4.69) is 25.7 Å². The van der Waals surface area contributed by atoms with E-state index in [4.69, 9.17) is 0 Å². The maximum Gasteiger partial charge on any atom is 0.0667 e. The van der Waals surface area contributed by atoms with Crippen LogP contribution >= 0.6 is 0 Å². The van der Waals surface area contributed by atoms with Gasteiger partial charge < -0.3 is 10.2 Å². The van der Waals surface area contributed by atoms with Gasteiger partial charge in [-0.2, -0.15) is 0 Å². The topological polar surface area (TPSA) is 43.7 Å². The molecule has 0 heterocycles. The van der Waals surface area contributed by atoms with Crippen LogP contribution in [0.4, 0.5) is 0 Å². The number of aliphatic hydroxyl groups excluding tert-OH is 2. The van der Waals surface area contributed by atoms with Gasteiger partial charge in [-0.3, -0.25) is 4.90 Å². The highest BCUT2D eigenvalue weighted by molar-refractivity contribution is 4.69. The van der Waals surface area contributed by atoms with Crippen molar-refractivity contribution in [1.82, 2.24) is 4.90 Å². The molecule has 0 aromatic heterocycles. The molecular weight excluding hydrogens is 466 g/mol. The van der Waals surface area contributed by atoms with E-state index in [0.29, 0.717) is 0 Å².